The van der Waals surface area contributed by atoms with Crippen LogP contribution in [0.2, 0.25) is 0 Å². The number of carbonyl (C=O) groups is 1. The summed E-state index contributed by atoms with van der Waals surface area (Å²) in [6.07, 6.45) is 6.23. The number of carbonyl (C=O) groups excluding carboxylic acids is 1. The predicted octanol–water partition coefficient (Wildman–Crippen LogP) is 1.30. The van der Waals surface area contributed by atoms with Crippen molar-refractivity contribution in [2.45, 2.75) is 12.5 Å². The topological polar surface area (TPSA) is 92.1 Å². The number of hydrogen-bond acceptors (Lipinski definition) is 7. The summed E-state index contributed by atoms with van der Waals surface area (Å²) in [4.78, 5) is 30.4. The Morgan fingerprint density at radius 3 is 2.83 bits per heavy atom. The van der Waals surface area contributed by atoms with E-state index < -0.39 is 0 Å². The van der Waals surface area contributed by atoms with Crippen molar-refractivity contribution in [1.82, 2.24) is 34.5 Å². The summed E-state index contributed by atoms with van der Waals surface area (Å²) in [6, 6.07) is 9.56. The Hall–Kier alpha value is -3.17. The zero-order valence-corrected chi connectivity index (χ0v) is 16.6. The highest BCUT2D eigenvalue weighted by atomic mass is 16.2. The molecule has 3 aromatic rings. The second-order valence-electron chi connectivity index (χ2n) is 7.29. The van der Waals surface area contributed by atoms with Crippen LogP contribution in [0.5, 0.6) is 0 Å². The Kier molecular flexibility index (Phi) is 5.59. The van der Waals surface area contributed by atoms with Crippen molar-refractivity contribution in [3.8, 4) is 17.3 Å². The highest BCUT2D eigenvalue weighted by molar-refractivity contribution is 5.91. The smallest absolute Gasteiger partial charge is 0.239 e. The number of nitrogens with one attached hydrogen (secondary N) is 1. The third-order valence-electron chi connectivity index (χ3n) is 4.96. The molecule has 150 valence electrons. The van der Waals surface area contributed by atoms with Gasteiger partial charge in [-0.1, -0.05) is 6.07 Å². The zero-order valence-electron chi connectivity index (χ0n) is 16.6. The molecule has 1 fully saturated rings. The quantitative estimate of drug-likeness (QED) is 0.676. The number of hydrogen-bond donors (Lipinski definition) is 1. The lowest BCUT2D eigenvalue weighted by atomic mass is 10.2. The number of pyridine rings is 1. The third-order valence-corrected chi connectivity index (χ3v) is 4.96. The lowest BCUT2D eigenvalue weighted by Gasteiger charge is -2.20. The minimum absolute atomic E-state index is 0.0958. The van der Waals surface area contributed by atoms with Crippen LogP contribution in [0, 0.1) is 0 Å². The first-order valence-corrected chi connectivity index (χ1v) is 9.57. The number of amides is 1. The Labute approximate surface area is 169 Å². The summed E-state index contributed by atoms with van der Waals surface area (Å²) in [5.41, 5.74) is 0.630. The van der Waals surface area contributed by atoms with Crippen LogP contribution in [0.15, 0.2) is 48.9 Å². The minimum atomic E-state index is -0.0958. The SMILES string of the molecule is CN(C)[C@H]1CCN(CC(=O)Nc2cc(-n3cccn3)nc(-c3ccccn3)n2)C1. The molecule has 29 heavy (non-hydrogen) atoms. The van der Waals surface area contributed by atoms with Gasteiger partial charge in [0.2, 0.25) is 5.91 Å². The van der Waals surface area contributed by atoms with E-state index in [1.807, 2.05) is 24.3 Å². The van der Waals surface area contributed by atoms with Gasteiger partial charge in [-0.15, -0.1) is 0 Å². The highest BCUT2D eigenvalue weighted by Gasteiger charge is 2.25. The summed E-state index contributed by atoms with van der Waals surface area (Å²) < 4.78 is 1.63. The summed E-state index contributed by atoms with van der Waals surface area (Å²) >= 11 is 0. The summed E-state index contributed by atoms with van der Waals surface area (Å²) in [5.74, 6) is 1.33. The molecule has 4 heterocycles. The van der Waals surface area contributed by atoms with Gasteiger partial charge in [0.25, 0.3) is 0 Å². The third kappa shape index (κ3) is 4.64. The number of likely N-dealkylation sites (N-methyl/N-ethyl adjacent to an activating group) is 1. The van der Waals surface area contributed by atoms with Crippen LogP contribution in [0.1, 0.15) is 6.42 Å². The van der Waals surface area contributed by atoms with Crippen molar-refractivity contribution >= 4 is 11.7 Å². The molecule has 3 aromatic heterocycles. The lowest BCUT2D eigenvalue weighted by molar-refractivity contribution is -0.117. The maximum absolute atomic E-state index is 12.6. The van der Waals surface area contributed by atoms with Crippen molar-refractivity contribution in [3.63, 3.8) is 0 Å². The molecule has 0 aromatic carbocycles. The van der Waals surface area contributed by atoms with Crippen LogP contribution in [-0.4, -0.2) is 80.2 Å². The number of rotatable bonds is 6. The maximum atomic E-state index is 12.6. The van der Waals surface area contributed by atoms with E-state index in [-0.39, 0.29) is 5.91 Å². The minimum Gasteiger partial charge on any atom is -0.309 e. The van der Waals surface area contributed by atoms with E-state index in [2.05, 4.69) is 49.3 Å². The summed E-state index contributed by atoms with van der Waals surface area (Å²) in [5, 5.41) is 7.14. The number of aromatic nitrogens is 5. The molecule has 9 nitrogen and oxygen atoms in total. The van der Waals surface area contributed by atoms with E-state index in [9.17, 15) is 4.79 Å². The van der Waals surface area contributed by atoms with Gasteiger partial charge in [-0.3, -0.25) is 14.7 Å². The number of nitrogens with zero attached hydrogens (tertiary/aromatic N) is 7. The highest BCUT2D eigenvalue weighted by Crippen LogP contribution is 2.18. The fraction of sp³-hybridized carbons (Fsp3) is 0.350. The fourth-order valence-corrected chi connectivity index (χ4v) is 3.39. The molecule has 1 N–H and O–H groups in total. The Morgan fingerprint density at radius 2 is 2.14 bits per heavy atom. The van der Waals surface area contributed by atoms with Gasteiger partial charge >= 0.3 is 0 Å². The van der Waals surface area contributed by atoms with Gasteiger partial charge in [-0.2, -0.15) is 5.10 Å². The van der Waals surface area contributed by atoms with Crippen molar-refractivity contribution in [2.24, 2.45) is 0 Å². The molecule has 9 heteroatoms. The average Bonchev–Trinajstić information content (AvgIpc) is 3.40. The van der Waals surface area contributed by atoms with Gasteiger partial charge in [0.15, 0.2) is 11.6 Å². The molecule has 4 rings (SSSR count). The molecular weight excluding hydrogens is 368 g/mol. The Bertz CT molecular complexity index is 958. The molecule has 1 saturated heterocycles. The molecule has 0 aliphatic carbocycles. The molecule has 0 saturated carbocycles. The molecular formula is C20H24N8O. The molecule has 0 bridgehead atoms. The predicted molar refractivity (Wildman–Crippen MR) is 110 cm³/mol. The van der Waals surface area contributed by atoms with Crippen LogP contribution < -0.4 is 5.32 Å². The molecule has 0 unspecified atom stereocenters. The van der Waals surface area contributed by atoms with Gasteiger partial charge in [-0.05, 0) is 38.7 Å². The van der Waals surface area contributed by atoms with E-state index in [0.717, 1.165) is 19.5 Å². The van der Waals surface area contributed by atoms with Crippen LogP contribution in [0.25, 0.3) is 17.3 Å². The van der Waals surface area contributed by atoms with Crippen molar-refractivity contribution in [3.05, 3.63) is 48.9 Å². The molecule has 0 radical (unpaired) electrons. The van der Waals surface area contributed by atoms with Crippen LogP contribution >= 0.6 is 0 Å². The second kappa shape index (κ2) is 8.46. The van der Waals surface area contributed by atoms with Gasteiger partial charge in [0, 0.05) is 43.8 Å². The zero-order chi connectivity index (χ0) is 20.2. The normalized spacial score (nSPS) is 17.0. The standard InChI is InChI=1S/C20H24N8O/c1-26(2)15-7-11-27(13-15)14-19(29)23-17-12-18(28-10-5-9-22-28)25-20(24-17)16-6-3-4-8-21-16/h3-6,8-10,12,15H,7,11,13-14H2,1-2H3,(H,23,24,25,29)/t15-/m0/s1. The first-order valence-electron chi connectivity index (χ1n) is 9.57. The largest absolute Gasteiger partial charge is 0.309 e. The fourth-order valence-electron chi connectivity index (χ4n) is 3.39. The van der Waals surface area contributed by atoms with Gasteiger partial charge in [0.1, 0.15) is 11.5 Å². The maximum Gasteiger partial charge on any atom is 0.239 e. The van der Waals surface area contributed by atoms with Gasteiger partial charge < -0.3 is 10.2 Å². The van der Waals surface area contributed by atoms with Crippen LogP contribution in [-0.2, 0) is 4.79 Å². The number of anilines is 1. The molecule has 1 aliphatic rings. The molecule has 1 amide bonds. The van der Waals surface area contributed by atoms with E-state index in [1.165, 1.54) is 0 Å². The number of likely N-dealkylation sites (tertiary alicyclic amines) is 1. The first kappa shape index (κ1) is 19.2. The Balaban J connectivity index is 1.53. The van der Waals surface area contributed by atoms with E-state index in [1.54, 1.807) is 29.3 Å². The first-order chi connectivity index (χ1) is 14.1. The van der Waals surface area contributed by atoms with E-state index in [0.29, 0.717) is 35.7 Å². The van der Waals surface area contributed by atoms with Gasteiger partial charge in [0.05, 0.1) is 6.54 Å². The van der Waals surface area contributed by atoms with Crippen molar-refractivity contribution in [2.75, 3.05) is 39.0 Å². The summed E-state index contributed by atoms with van der Waals surface area (Å²) in [7, 11) is 4.15. The average molecular weight is 392 g/mol. The summed E-state index contributed by atoms with van der Waals surface area (Å²) in [6.45, 7) is 2.14. The second-order valence-corrected chi connectivity index (χ2v) is 7.29. The van der Waals surface area contributed by atoms with Crippen LogP contribution in [0.4, 0.5) is 5.82 Å². The Morgan fingerprint density at radius 1 is 1.24 bits per heavy atom. The van der Waals surface area contributed by atoms with Crippen molar-refractivity contribution < 1.29 is 4.79 Å². The molecule has 0 spiro atoms. The van der Waals surface area contributed by atoms with Crippen molar-refractivity contribution in [1.29, 1.82) is 0 Å². The van der Waals surface area contributed by atoms with E-state index >= 15 is 0 Å². The van der Waals surface area contributed by atoms with Gasteiger partial charge in [-0.25, -0.2) is 14.6 Å². The van der Waals surface area contributed by atoms with Crippen LogP contribution in [0.3, 0.4) is 0 Å². The molecule has 1 atom stereocenters. The lowest BCUT2D eigenvalue weighted by Crippen LogP contribution is -2.35. The molecule has 1 aliphatic heterocycles. The monoisotopic (exact) mass is 392 g/mol. The van der Waals surface area contributed by atoms with E-state index in [4.69, 9.17) is 0 Å².